The standard InChI is InChI=1S/C18H22N2O4S/c1-14(16-8-10-17(11-9-16)25(19,22)23)20(2)18(21)13-24-12-15-6-4-3-5-7-15/h3-11,14H,12-13H2,1-2H3,(H2,19,22,23). The molecule has 0 aliphatic carbocycles. The van der Waals surface area contributed by atoms with E-state index in [9.17, 15) is 13.2 Å². The van der Waals surface area contributed by atoms with Gasteiger partial charge in [-0.05, 0) is 30.2 Å². The van der Waals surface area contributed by atoms with Gasteiger partial charge >= 0.3 is 0 Å². The highest BCUT2D eigenvalue weighted by atomic mass is 32.2. The molecule has 2 rings (SSSR count). The summed E-state index contributed by atoms with van der Waals surface area (Å²) in [4.78, 5) is 13.9. The molecule has 1 atom stereocenters. The Kier molecular flexibility index (Phi) is 6.30. The van der Waals surface area contributed by atoms with Gasteiger partial charge in [-0.1, -0.05) is 42.5 Å². The molecule has 2 N–H and O–H groups in total. The van der Waals surface area contributed by atoms with Gasteiger partial charge in [-0.3, -0.25) is 4.79 Å². The van der Waals surface area contributed by atoms with Crippen molar-refractivity contribution in [2.24, 2.45) is 5.14 Å². The molecule has 6 nitrogen and oxygen atoms in total. The molecule has 1 amide bonds. The van der Waals surface area contributed by atoms with E-state index < -0.39 is 10.0 Å². The highest BCUT2D eigenvalue weighted by molar-refractivity contribution is 7.89. The van der Waals surface area contributed by atoms with Crippen LogP contribution in [0.5, 0.6) is 0 Å². The molecule has 0 heterocycles. The van der Waals surface area contributed by atoms with Crippen LogP contribution < -0.4 is 5.14 Å². The molecule has 0 radical (unpaired) electrons. The monoisotopic (exact) mass is 362 g/mol. The number of nitrogens with two attached hydrogens (primary N) is 1. The first-order valence-electron chi connectivity index (χ1n) is 7.79. The molecule has 0 saturated carbocycles. The Morgan fingerprint density at radius 1 is 1.12 bits per heavy atom. The number of rotatable bonds is 7. The van der Waals surface area contributed by atoms with Crippen molar-refractivity contribution in [1.82, 2.24) is 4.90 Å². The molecule has 134 valence electrons. The number of carbonyl (C=O) groups excluding carboxylic acids is 1. The number of amides is 1. The van der Waals surface area contributed by atoms with E-state index in [4.69, 9.17) is 9.88 Å². The summed E-state index contributed by atoms with van der Waals surface area (Å²) in [5, 5.41) is 5.08. The van der Waals surface area contributed by atoms with Gasteiger partial charge in [0.15, 0.2) is 0 Å². The van der Waals surface area contributed by atoms with Gasteiger partial charge in [-0.15, -0.1) is 0 Å². The van der Waals surface area contributed by atoms with Crippen LogP contribution in [0.15, 0.2) is 59.5 Å². The maximum Gasteiger partial charge on any atom is 0.248 e. The summed E-state index contributed by atoms with van der Waals surface area (Å²) in [6.45, 7) is 2.21. The Balaban J connectivity index is 1.92. The molecule has 25 heavy (non-hydrogen) atoms. The quantitative estimate of drug-likeness (QED) is 0.816. The van der Waals surface area contributed by atoms with Gasteiger partial charge in [-0.25, -0.2) is 13.6 Å². The molecule has 2 aromatic carbocycles. The summed E-state index contributed by atoms with van der Waals surface area (Å²) in [5.41, 5.74) is 1.82. The summed E-state index contributed by atoms with van der Waals surface area (Å²) in [5.74, 6) is -0.154. The molecule has 2 aromatic rings. The SMILES string of the molecule is CC(c1ccc(S(N)(=O)=O)cc1)N(C)C(=O)COCc1ccccc1. The van der Waals surface area contributed by atoms with Crippen molar-refractivity contribution in [1.29, 1.82) is 0 Å². The normalized spacial score (nSPS) is 12.6. The minimum Gasteiger partial charge on any atom is -0.367 e. The molecule has 0 bridgehead atoms. The first kappa shape index (κ1) is 19.1. The van der Waals surface area contributed by atoms with E-state index in [2.05, 4.69) is 0 Å². The zero-order chi connectivity index (χ0) is 18.4. The van der Waals surface area contributed by atoms with Crippen LogP contribution in [0, 0.1) is 0 Å². The van der Waals surface area contributed by atoms with Crippen molar-refractivity contribution in [2.75, 3.05) is 13.7 Å². The lowest BCUT2D eigenvalue weighted by Gasteiger charge is -2.25. The third kappa shape index (κ3) is 5.38. The molecule has 0 aliphatic heterocycles. The van der Waals surface area contributed by atoms with Crippen LogP contribution in [0.4, 0.5) is 0 Å². The van der Waals surface area contributed by atoms with Gasteiger partial charge in [0.1, 0.15) is 6.61 Å². The van der Waals surface area contributed by atoms with Gasteiger partial charge in [-0.2, -0.15) is 0 Å². The number of carbonyl (C=O) groups is 1. The second-order valence-electron chi connectivity index (χ2n) is 5.77. The maximum atomic E-state index is 12.3. The van der Waals surface area contributed by atoms with Crippen LogP contribution in [-0.4, -0.2) is 32.9 Å². The number of benzene rings is 2. The molecule has 0 spiro atoms. The molecular formula is C18H22N2O4S. The third-order valence-corrected chi connectivity index (χ3v) is 4.93. The lowest BCUT2D eigenvalue weighted by Crippen LogP contribution is -2.32. The zero-order valence-electron chi connectivity index (χ0n) is 14.3. The van der Waals surface area contributed by atoms with Crippen LogP contribution in [0.2, 0.25) is 0 Å². The predicted molar refractivity (Wildman–Crippen MR) is 95.1 cm³/mol. The van der Waals surface area contributed by atoms with Gasteiger partial charge in [0.2, 0.25) is 15.9 Å². The Bertz CT molecular complexity index is 805. The number of primary sulfonamides is 1. The molecule has 0 saturated heterocycles. The van der Waals surface area contributed by atoms with E-state index in [0.717, 1.165) is 11.1 Å². The highest BCUT2D eigenvalue weighted by Crippen LogP contribution is 2.20. The van der Waals surface area contributed by atoms with Crippen LogP contribution in [0.25, 0.3) is 0 Å². The zero-order valence-corrected chi connectivity index (χ0v) is 15.1. The van der Waals surface area contributed by atoms with Crippen LogP contribution in [0.1, 0.15) is 24.1 Å². The number of hydrogen-bond acceptors (Lipinski definition) is 4. The molecular weight excluding hydrogens is 340 g/mol. The van der Waals surface area contributed by atoms with Crippen LogP contribution in [0.3, 0.4) is 0 Å². The fourth-order valence-electron chi connectivity index (χ4n) is 2.31. The minimum atomic E-state index is -3.72. The van der Waals surface area contributed by atoms with Gasteiger partial charge in [0.05, 0.1) is 17.5 Å². The minimum absolute atomic E-state index is 0.0228. The number of hydrogen-bond donors (Lipinski definition) is 1. The fourth-order valence-corrected chi connectivity index (χ4v) is 2.82. The molecule has 0 aliphatic rings. The van der Waals surface area contributed by atoms with E-state index in [0.29, 0.717) is 6.61 Å². The topological polar surface area (TPSA) is 89.7 Å². The Morgan fingerprint density at radius 2 is 1.72 bits per heavy atom. The van der Waals surface area contributed by atoms with Gasteiger partial charge in [0.25, 0.3) is 0 Å². The van der Waals surface area contributed by atoms with E-state index in [1.54, 1.807) is 24.1 Å². The number of sulfonamides is 1. The summed E-state index contributed by atoms with van der Waals surface area (Å²) in [6, 6.07) is 15.6. The average molecular weight is 362 g/mol. The fraction of sp³-hybridized carbons (Fsp3) is 0.278. The summed E-state index contributed by atoms with van der Waals surface area (Å²) < 4.78 is 28.0. The highest BCUT2D eigenvalue weighted by Gasteiger charge is 2.18. The van der Waals surface area contributed by atoms with Crippen molar-refractivity contribution < 1.29 is 17.9 Å². The van der Waals surface area contributed by atoms with Gasteiger partial charge < -0.3 is 9.64 Å². The van der Waals surface area contributed by atoms with Crippen LogP contribution in [-0.2, 0) is 26.2 Å². The van der Waals surface area contributed by atoms with Gasteiger partial charge in [0, 0.05) is 7.05 Å². The number of ether oxygens (including phenoxy) is 1. The summed E-state index contributed by atoms with van der Waals surface area (Å²) in [7, 11) is -2.03. The number of likely N-dealkylation sites (N-methyl/N-ethyl adjacent to an activating group) is 1. The predicted octanol–water partition coefficient (Wildman–Crippen LogP) is 2.07. The third-order valence-electron chi connectivity index (χ3n) is 4.00. The summed E-state index contributed by atoms with van der Waals surface area (Å²) >= 11 is 0. The van der Waals surface area contributed by atoms with E-state index in [-0.39, 0.29) is 23.5 Å². The van der Waals surface area contributed by atoms with E-state index >= 15 is 0 Å². The largest absolute Gasteiger partial charge is 0.367 e. The first-order valence-corrected chi connectivity index (χ1v) is 9.34. The van der Waals surface area contributed by atoms with Crippen molar-refractivity contribution in [3.63, 3.8) is 0 Å². The van der Waals surface area contributed by atoms with Crippen LogP contribution >= 0.6 is 0 Å². The second-order valence-corrected chi connectivity index (χ2v) is 7.33. The van der Waals surface area contributed by atoms with Crippen molar-refractivity contribution in [3.8, 4) is 0 Å². The lowest BCUT2D eigenvalue weighted by atomic mass is 10.1. The molecule has 7 heteroatoms. The average Bonchev–Trinajstić information content (AvgIpc) is 2.60. The Hall–Kier alpha value is -2.22. The van der Waals surface area contributed by atoms with E-state index in [1.165, 1.54) is 12.1 Å². The number of nitrogens with zero attached hydrogens (tertiary/aromatic N) is 1. The summed E-state index contributed by atoms with van der Waals surface area (Å²) in [6.07, 6.45) is 0. The van der Waals surface area contributed by atoms with Crippen molar-refractivity contribution >= 4 is 15.9 Å². The lowest BCUT2D eigenvalue weighted by molar-refractivity contribution is -0.137. The second kappa shape index (κ2) is 8.24. The molecule has 0 aromatic heterocycles. The maximum absolute atomic E-state index is 12.3. The van der Waals surface area contributed by atoms with Crippen molar-refractivity contribution in [3.05, 3.63) is 65.7 Å². The first-order chi connectivity index (χ1) is 11.8. The smallest absolute Gasteiger partial charge is 0.248 e. The Labute approximate surface area is 148 Å². The van der Waals surface area contributed by atoms with E-state index in [1.807, 2.05) is 37.3 Å². The molecule has 1 unspecified atom stereocenters. The van der Waals surface area contributed by atoms with Crippen molar-refractivity contribution in [2.45, 2.75) is 24.5 Å². The Morgan fingerprint density at radius 3 is 2.28 bits per heavy atom. The molecule has 0 fully saturated rings.